The molecule has 17 heavy (non-hydrogen) atoms. The van der Waals surface area contributed by atoms with Crippen LogP contribution >= 0.6 is 0 Å². The van der Waals surface area contributed by atoms with Crippen molar-refractivity contribution in [3.05, 3.63) is 0 Å². The fourth-order valence-corrected chi connectivity index (χ4v) is 4.99. The van der Waals surface area contributed by atoms with E-state index in [1.807, 2.05) is 0 Å². The molecule has 0 saturated heterocycles. The molecule has 0 aliphatic heterocycles. The zero-order chi connectivity index (χ0) is 12.6. The van der Waals surface area contributed by atoms with Crippen LogP contribution in [0.1, 0.15) is 66.7 Å². The Labute approximate surface area is 109 Å². The van der Waals surface area contributed by atoms with Gasteiger partial charge in [-0.25, -0.2) is 0 Å². The second-order valence-corrected chi connectivity index (χ2v) is 7.40. The summed E-state index contributed by atoms with van der Waals surface area (Å²) in [5.74, 6) is 6.95. The van der Waals surface area contributed by atoms with Gasteiger partial charge in [0, 0.05) is 0 Å². The average molecular weight is 236 g/mol. The molecule has 0 heteroatoms. The first-order chi connectivity index (χ1) is 8.04. The maximum atomic E-state index is 2.57. The van der Waals surface area contributed by atoms with Crippen LogP contribution in [0.15, 0.2) is 0 Å². The Morgan fingerprint density at radius 3 is 2.06 bits per heavy atom. The molecule has 0 heterocycles. The Morgan fingerprint density at radius 2 is 1.47 bits per heavy atom. The largest absolute Gasteiger partial charge is 0.0625 e. The normalized spacial score (nSPS) is 44.5. The highest BCUT2D eigenvalue weighted by Gasteiger charge is 2.52. The zero-order valence-corrected chi connectivity index (χ0v) is 12.6. The van der Waals surface area contributed by atoms with Crippen LogP contribution in [-0.2, 0) is 0 Å². The lowest BCUT2D eigenvalue weighted by atomic mass is 9.77. The molecule has 0 aromatic rings. The molecule has 2 rings (SSSR count). The molecular weight excluding hydrogens is 204 g/mol. The van der Waals surface area contributed by atoms with Gasteiger partial charge in [0.2, 0.25) is 0 Å². The lowest BCUT2D eigenvalue weighted by molar-refractivity contribution is 0.204. The van der Waals surface area contributed by atoms with E-state index in [2.05, 4.69) is 34.6 Å². The number of rotatable bonds is 3. The van der Waals surface area contributed by atoms with Crippen molar-refractivity contribution in [2.75, 3.05) is 0 Å². The van der Waals surface area contributed by atoms with Crippen molar-refractivity contribution in [3.63, 3.8) is 0 Å². The molecule has 0 radical (unpaired) electrons. The Hall–Kier alpha value is 0. The maximum absolute atomic E-state index is 2.57. The van der Waals surface area contributed by atoms with Crippen LogP contribution in [-0.4, -0.2) is 0 Å². The maximum Gasteiger partial charge on any atom is -0.0324 e. The van der Waals surface area contributed by atoms with Crippen LogP contribution in [0.3, 0.4) is 0 Å². The summed E-state index contributed by atoms with van der Waals surface area (Å²) < 4.78 is 0. The van der Waals surface area contributed by atoms with E-state index >= 15 is 0 Å². The van der Waals surface area contributed by atoms with Crippen LogP contribution in [0.2, 0.25) is 0 Å². The van der Waals surface area contributed by atoms with Crippen molar-refractivity contribution in [1.82, 2.24) is 0 Å². The van der Waals surface area contributed by atoms with Crippen molar-refractivity contribution in [2.45, 2.75) is 66.7 Å². The van der Waals surface area contributed by atoms with Gasteiger partial charge in [-0.3, -0.25) is 0 Å². The second-order valence-electron chi connectivity index (χ2n) is 7.40. The van der Waals surface area contributed by atoms with E-state index in [9.17, 15) is 0 Å². The van der Waals surface area contributed by atoms with Gasteiger partial charge in [-0.15, -0.1) is 0 Å². The van der Waals surface area contributed by atoms with Gasteiger partial charge in [-0.1, -0.05) is 60.3 Å². The van der Waals surface area contributed by atoms with E-state index in [-0.39, 0.29) is 0 Å². The first-order valence-electron chi connectivity index (χ1n) is 8.04. The molecule has 2 aliphatic carbocycles. The molecule has 0 aromatic heterocycles. The Balaban J connectivity index is 1.97. The second kappa shape index (κ2) is 5.33. The molecule has 0 nitrogen and oxygen atoms in total. The van der Waals surface area contributed by atoms with E-state index in [1.165, 1.54) is 32.1 Å². The minimum Gasteiger partial charge on any atom is -0.0625 e. The third-order valence-corrected chi connectivity index (χ3v) is 6.00. The van der Waals surface area contributed by atoms with E-state index in [0.29, 0.717) is 0 Å². The van der Waals surface area contributed by atoms with Gasteiger partial charge in [0.25, 0.3) is 0 Å². The summed E-state index contributed by atoms with van der Waals surface area (Å²) in [7, 11) is 0. The molecule has 2 fully saturated rings. The Bertz CT molecular complexity index is 242. The summed E-state index contributed by atoms with van der Waals surface area (Å²) in [4.78, 5) is 0. The SMILES string of the molecule is CC(C)C1C(C)C1C(C)C1CCCCCC1C. The van der Waals surface area contributed by atoms with Gasteiger partial charge in [-0.2, -0.15) is 0 Å². The molecule has 0 spiro atoms. The summed E-state index contributed by atoms with van der Waals surface area (Å²) in [6, 6.07) is 0. The van der Waals surface area contributed by atoms with E-state index < -0.39 is 0 Å². The minimum absolute atomic E-state index is 0.901. The molecule has 0 bridgehead atoms. The van der Waals surface area contributed by atoms with Crippen molar-refractivity contribution in [2.24, 2.45) is 41.4 Å². The smallest absolute Gasteiger partial charge is 0.0324 e. The van der Waals surface area contributed by atoms with Gasteiger partial charge in [0.05, 0.1) is 0 Å². The van der Waals surface area contributed by atoms with Crippen molar-refractivity contribution in [1.29, 1.82) is 0 Å². The number of hydrogen-bond acceptors (Lipinski definition) is 0. The molecule has 2 saturated carbocycles. The number of hydrogen-bond donors (Lipinski definition) is 0. The van der Waals surface area contributed by atoms with Crippen LogP contribution in [0.25, 0.3) is 0 Å². The van der Waals surface area contributed by atoms with Gasteiger partial charge < -0.3 is 0 Å². The summed E-state index contributed by atoms with van der Waals surface area (Å²) in [6.45, 7) is 12.4. The lowest BCUT2D eigenvalue weighted by Gasteiger charge is -2.29. The van der Waals surface area contributed by atoms with Crippen molar-refractivity contribution >= 4 is 0 Å². The van der Waals surface area contributed by atoms with E-state index in [4.69, 9.17) is 0 Å². The van der Waals surface area contributed by atoms with Crippen LogP contribution < -0.4 is 0 Å². The van der Waals surface area contributed by atoms with Crippen LogP contribution in [0.5, 0.6) is 0 Å². The van der Waals surface area contributed by atoms with Crippen LogP contribution in [0.4, 0.5) is 0 Å². The summed E-state index contributed by atoms with van der Waals surface area (Å²) in [5, 5.41) is 0. The zero-order valence-electron chi connectivity index (χ0n) is 12.6. The fraction of sp³-hybridized carbons (Fsp3) is 1.00. The molecule has 0 N–H and O–H groups in total. The van der Waals surface area contributed by atoms with Crippen LogP contribution in [0, 0.1) is 41.4 Å². The highest BCUT2D eigenvalue weighted by molar-refractivity contribution is 5.00. The van der Waals surface area contributed by atoms with E-state index in [0.717, 1.165) is 41.4 Å². The monoisotopic (exact) mass is 236 g/mol. The summed E-state index contributed by atoms with van der Waals surface area (Å²) >= 11 is 0. The third kappa shape index (κ3) is 2.71. The predicted octanol–water partition coefficient (Wildman–Crippen LogP) is 5.38. The summed E-state index contributed by atoms with van der Waals surface area (Å²) in [6.07, 6.45) is 7.46. The molecule has 0 amide bonds. The van der Waals surface area contributed by atoms with Gasteiger partial charge >= 0.3 is 0 Å². The highest BCUT2D eigenvalue weighted by Crippen LogP contribution is 2.57. The van der Waals surface area contributed by atoms with Crippen molar-refractivity contribution < 1.29 is 0 Å². The molecular formula is C17H32. The standard InChI is InChI=1S/C17H32/c1-11(2)16-14(5)17(16)13(4)15-10-8-6-7-9-12(15)3/h11-17H,6-10H2,1-5H3. The van der Waals surface area contributed by atoms with Crippen molar-refractivity contribution in [3.8, 4) is 0 Å². The fourth-order valence-electron chi connectivity index (χ4n) is 4.99. The van der Waals surface area contributed by atoms with Gasteiger partial charge in [-0.05, 0) is 47.8 Å². The summed E-state index contributed by atoms with van der Waals surface area (Å²) in [5.41, 5.74) is 0. The predicted molar refractivity (Wildman–Crippen MR) is 75.9 cm³/mol. The minimum atomic E-state index is 0.901. The Morgan fingerprint density at radius 1 is 0.824 bits per heavy atom. The van der Waals surface area contributed by atoms with Gasteiger partial charge in [0.1, 0.15) is 0 Å². The van der Waals surface area contributed by atoms with E-state index in [1.54, 1.807) is 0 Å². The average Bonchev–Trinajstić information content (AvgIpc) is 2.97. The topological polar surface area (TPSA) is 0 Å². The molecule has 6 atom stereocenters. The Kier molecular flexibility index (Phi) is 4.21. The first kappa shape index (κ1) is 13.4. The highest BCUT2D eigenvalue weighted by atomic mass is 14.6. The third-order valence-electron chi connectivity index (χ3n) is 6.00. The first-order valence-corrected chi connectivity index (χ1v) is 8.04. The quantitative estimate of drug-likeness (QED) is 0.577. The van der Waals surface area contributed by atoms with Gasteiger partial charge in [0.15, 0.2) is 0 Å². The molecule has 0 aromatic carbocycles. The molecule has 6 unspecified atom stereocenters. The molecule has 100 valence electrons. The molecule has 2 aliphatic rings. The lowest BCUT2D eigenvalue weighted by Crippen LogP contribution is -2.21.